The summed E-state index contributed by atoms with van der Waals surface area (Å²) in [5.41, 5.74) is 2.95. The van der Waals surface area contributed by atoms with Crippen LogP contribution in [0.5, 0.6) is 0 Å². The van der Waals surface area contributed by atoms with Crippen LogP contribution in [0.3, 0.4) is 0 Å². The number of aliphatic hydroxyl groups is 1. The Morgan fingerprint density at radius 2 is 1.75 bits per heavy atom. The molecule has 0 saturated heterocycles. The molecule has 0 bridgehead atoms. The molecule has 150 valence electrons. The van der Waals surface area contributed by atoms with Gasteiger partial charge in [0.15, 0.2) is 9.84 Å². The Hall–Kier alpha value is -2.18. The van der Waals surface area contributed by atoms with E-state index in [4.69, 9.17) is 0 Å². The van der Waals surface area contributed by atoms with E-state index in [1.165, 1.54) is 6.07 Å². The van der Waals surface area contributed by atoms with E-state index in [-0.39, 0.29) is 22.3 Å². The highest BCUT2D eigenvalue weighted by atomic mass is 32.2. The van der Waals surface area contributed by atoms with Crippen molar-refractivity contribution in [3.8, 4) is 11.1 Å². The molecule has 5 nitrogen and oxygen atoms in total. The van der Waals surface area contributed by atoms with Crippen molar-refractivity contribution in [3.05, 3.63) is 53.6 Å². The molecule has 28 heavy (non-hydrogen) atoms. The Bertz CT molecular complexity index is 945. The van der Waals surface area contributed by atoms with E-state index < -0.39 is 21.8 Å². The van der Waals surface area contributed by atoms with Gasteiger partial charge in [-0.15, -0.1) is 0 Å². The van der Waals surface area contributed by atoms with Crippen LogP contribution < -0.4 is 5.32 Å². The van der Waals surface area contributed by atoms with E-state index in [9.17, 15) is 18.3 Å². The quantitative estimate of drug-likeness (QED) is 0.776. The maximum absolute atomic E-state index is 13.2. The lowest BCUT2D eigenvalue weighted by Crippen LogP contribution is -2.35. The minimum atomic E-state index is -3.50. The molecular formula is C22H27NO4S. The Balaban J connectivity index is 2.08. The molecule has 0 heterocycles. The van der Waals surface area contributed by atoms with Gasteiger partial charge in [-0.2, -0.15) is 0 Å². The summed E-state index contributed by atoms with van der Waals surface area (Å²) in [6.07, 6.45) is 3.17. The maximum Gasteiger partial charge on any atom is 0.251 e. The number of hydrogen-bond donors (Lipinski definition) is 2. The van der Waals surface area contributed by atoms with Gasteiger partial charge in [-0.25, -0.2) is 8.42 Å². The number of aryl methyl sites for hydroxylation is 1. The number of benzene rings is 2. The fourth-order valence-corrected chi connectivity index (χ4v) is 5.47. The molecule has 1 fully saturated rings. The van der Waals surface area contributed by atoms with E-state index in [0.717, 1.165) is 24.0 Å². The summed E-state index contributed by atoms with van der Waals surface area (Å²) in [6, 6.07) is 12.2. The first-order valence-corrected chi connectivity index (χ1v) is 11.2. The fraction of sp³-hybridized carbons (Fsp3) is 0.409. The molecule has 3 rings (SSSR count). The number of carbonyl (C=O) groups excluding carboxylic acids is 1. The maximum atomic E-state index is 13.2. The van der Waals surface area contributed by atoms with Crippen molar-refractivity contribution in [2.75, 3.05) is 6.61 Å². The van der Waals surface area contributed by atoms with Crippen LogP contribution in [0.4, 0.5) is 0 Å². The summed E-state index contributed by atoms with van der Waals surface area (Å²) in [4.78, 5) is 12.8. The van der Waals surface area contributed by atoms with Gasteiger partial charge in [0.1, 0.15) is 0 Å². The molecule has 1 saturated carbocycles. The Kier molecular flexibility index (Phi) is 6.20. The SMILES string of the molecule is Cc1ccc(-c2cc(C(=O)N[C@@H](C)CO)cc(S(=O)(=O)C3CCCC3)c2)cc1. The second kappa shape index (κ2) is 8.45. The summed E-state index contributed by atoms with van der Waals surface area (Å²) in [5, 5.41) is 11.5. The van der Waals surface area contributed by atoms with Gasteiger partial charge in [0.05, 0.1) is 16.8 Å². The van der Waals surface area contributed by atoms with Gasteiger partial charge in [-0.1, -0.05) is 42.7 Å². The number of sulfone groups is 1. The first kappa shape index (κ1) is 20.6. The summed E-state index contributed by atoms with van der Waals surface area (Å²) in [7, 11) is -3.50. The molecule has 0 unspecified atom stereocenters. The highest BCUT2D eigenvalue weighted by Crippen LogP contribution is 2.32. The lowest BCUT2D eigenvalue weighted by Gasteiger charge is -2.16. The van der Waals surface area contributed by atoms with Gasteiger partial charge in [0, 0.05) is 11.6 Å². The van der Waals surface area contributed by atoms with Crippen molar-refractivity contribution in [1.29, 1.82) is 0 Å². The summed E-state index contributed by atoms with van der Waals surface area (Å²) < 4.78 is 26.3. The van der Waals surface area contributed by atoms with E-state index in [2.05, 4.69) is 5.32 Å². The average molecular weight is 402 g/mol. The number of carbonyl (C=O) groups is 1. The summed E-state index contributed by atoms with van der Waals surface area (Å²) in [5.74, 6) is -0.390. The van der Waals surface area contributed by atoms with E-state index in [1.807, 2.05) is 31.2 Å². The minimum absolute atomic E-state index is 0.184. The van der Waals surface area contributed by atoms with Crippen LogP contribution >= 0.6 is 0 Å². The normalized spacial score (nSPS) is 16.1. The number of aliphatic hydroxyl groups excluding tert-OH is 1. The van der Waals surface area contributed by atoms with E-state index in [1.54, 1.807) is 19.1 Å². The van der Waals surface area contributed by atoms with Gasteiger partial charge >= 0.3 is 0 Å². The van der Waals surface area contributed by atoms with Crippen LogP contribution in [-0.2, 0) is 9.84 Å². The van der Waals surface area contributed by atoms with Gasteiger partial charge in [-0.3, -0.25) is 4.79 Å². The number of amides is 1. The molecule has 1 aliphatic rings. The molecular weight excluding hydrogens is 374 g/mol. The lowest BCUT2D eigenvalue weighted by molar-refractivity contribution is 0.0922. The zero-order valence-corrected chi connectivity index (χ0v) is 17.1. The molecule has 6 heteroatoms. The number of hydrogen-bond acceptors (Lipinski definition) is 4. The first-order chi connectivity index (χ1) is 13.3. The van der Waals surface area contributed by atoms with Gasteiger partial charge in [0.2, 0.25) is 0 Å². The predicted octanol–water partition coefficient (Wildman–Crippen LogP) is 3.49. The zero-order chi connectivity index (χ0) is 20.3. The van der Waals surface area contributed by atoms with Crippen LogP contribution in [0.15, 0.2) is 47.4 Å². The number of rotatable bonds is 6. The van der Waals surface area contributed by atoms with E-state index in [0.29, 0.717) is 18.4 Å². The molecule has 1 aliphatic carbocycles. The first-order valence-electron chi connectivity index (χ1n) is 9.69. The molecule has 0 aliphatic heterocycles. The summed E-state index contributed by atoms with van der Waals surface area (Å²) in [6.45, 7) is 3.49. The molecule has 0 aromatic heterocycles. The van der Waals surface area contributed by atoms with E-state index >= 15 is 0 Å². The second-order valence-electron chi connectivity index (χ2n) is 7.62. The van der Waals surface area contributed by atoms with Crippen molar-refractivity contribution < 1.29 is 18.3 Å². The number of nitrogens with one attached hydrogen (secondary N) is 1. The molecule has 1 amide bonds. The van der Waals surface area contributed by atoms with Crippen LogP contribution in [0.25, 0.3) is 11.1 Å². The van der Waals surface area contributed by atoms with Crippen molar-refractivity contribution >= 4 is 15.7 Å². The van der Waals surface area contributed by atoms with Crippen LogP contribution in [-0.4, -0.2) is 37.3 Å². The van der Waals surface area contributed by atoms with Crippen molar-refractivity contribution in [2.45, 2.75) is 55.7 Å². The van der Waals surface area contributed by atoms with Gasteiger partial charge < -0.3 is 10.4 Å². The third-order valence-electron chi connectivity index (χ3n) is 5.27. The topological polar surface area (TPSA) is 83.5 Å². The molecule has 2 aromatic rings. The largest absolute Gasteiger partial charge is 0.394 e. The van der Waals surface area contributed by atoms with Gasteiger partial charge in [0.25, 0.3) is 5.91 Å². The van der Waals surface area contributed by atoms with Crippen LogP contribution in [0.1, 0.15) is 48.5 Å². The van der Waals surface area contributed by atoms with Crippen LogP contribution in [0, 0.1) is 6.92 Å². The van der Waals surface area contributed by atoms with Crippen molar-refractivity contribution in [1.82, 2.24) is 5.32 Å². The monoisotopic (exact) mass is 401 g/mol. The Labute approximate surface area is 166 Å². The fourth-order valence-electron chi connectivity index (χ4n) is 3.55. The zero-order valence-electron chi connectivity index (χ0n) is 16.3. The van der Waals surface area contributed by atoms with Crippen LogP contribution in [0.2, 0.25) is 0 Å². The molecule has 2 N–H and O–H groups in total. The van der Waals surface area contributed by atoms with Crippen molar-refractivity contribution in [2.24, 2.45) is 0 Å². The Morgan fingerprint density at radius 3 is 2.36 bits per heavy atom. The average Bonchev–Trinajstić information content (AvgIpc) is 3.23. The third kappa shape index (κ3) is 4.45. The highest BCUT2D eigenvalue weighted by Gasteiger charge is 2.31. The third-order valence-corrected chi connectivity index (χ3v) is 7.52. The summed E-state index contributed by atoms with van der Waals surface area (Å²) >= 11 is 0. The lowest BCUT2D eigenvalue weighted by atomic mass is 10.0. The predicted molar refractivity (Wildman–Crippen MR) is 110 cm³/mol. The Morgan fingerprint density at radius 1 is 1.11 bits per heavy atom. The molecule has 1 atom stereocenters. The standard InChI is InChI=1S/C22H27NO4S/c1-15-7-9-17(10-8-15)18-11-19(22(25)23-16(2)14-24)13-21(12-18)28(26,27)20-5-3-4-6-20/h7-13,16,20,24H,3-6,14H2,1-2H3,(H,23,25)/t16-/m0/s1. The second-order valence-corrected chi connectivity index (χ2v) is 9.85. The highest BCUT2D eigenvalue weighted by molar-refractivity contribution is 7.92. The molecule has 2 aromatic carbocycles. The molecule has 0 spiro atoms. The minimum Gasteiger partial charge on any atom is -0.394 e. The molecule has 0 radical (unpaired) electrons. The smallest absolute Gasteiger partial charge is 0.251 e. The van der Waals surface area contributed by atoms with Crippen molar-refractivity contribution in [3.63, 3.8) is 0 Å². The van der Waals surface area contributed by atoms with Gasteiger partial charge in [-0.05, 0) is 56.0 Å².